The number of rotatable bonds is 5. The Bertz CT molecular complexity index is 824. The second-order valence-electron chi connectivity index (χ2n) is 5.85. The molecule has 130 valence electrons. The summed E-state index contributed by atoms with van der Waals surface area (Å²) in [5.74, 6) is -0.104. The zero-order valence-corrected chi connectivity index (χ0v) is 15.2. The van der Waals surface area contributed by atoms with E-state index in [2.05, 4.69) is 0 Å². The molecule has 3 rings (SSSR count). The second-order valence-corrected chi connectivity index (χ2v) is 9.07. The molecule has 2 heterocycles. The number of carbonyl (C=O) groups is 1. The van der Waals surface area contributed by atoms with Gasteiger partial charge in [-0.05, 0) is 49.4 Å². The number of sulfonamides is 1. The van der Waals surface area contributed by atoms with Crippen molar-refractivity contribution in [1.29, 1.82) is 0 Å². The van der Waals surface area contributed by atoms with Gasteiger partial charge in [-0.25, -0.2) is 17.5 Å². The fourth-order valence-electron chi connectivity index (χ4n) is 2.55. The van der Waals surface area contributed by atoms with E-state index >= 15 is 0 Å². The van der Waals surface area contributed by atoms with Gasteiger partial charge in [-0.15, -0.1) is 11.3 Å². The van der Waals surface area contributed by atoms with Crippen molar-refractivity contribution in [3.8, 4) is 0 Å². The molecule has 0 fully saturated rings. The fraction of sp³-hybridized carbons (Fsp3) is 0.438. The number of esters is 1. The number of nitrogens with zero attached hydrogens (tertiary/aromatic N) is 1. The maximum atomic E-state index is 12.2. The van der Waals surface area contributed by atoms with Gasteiger partial charge in [0.1, 0.15) is 17.2 Å². The van der Waals surface area contributed by atoms with E-state index in [1.807, 2.05) is 6.07 Å². The lowest BCUT2D eigenvalue weighted by atomic mass is 9.99. The number of fused-ring (bicyclic) bond motifs is 1. The van der Waals surface area contributed by atoms with E-state index in [0.717, 1.165) is 30.0 Å². The molecule has 6 nitrogen and oxygen atoms in total. The summed E-state index contributed by atoms with van der Waals surface area (Å²) in [6, 6.07) is 4.77. The van der Waals surface area contributed by atoms with E-state index in [1.165, 1.54) is 48.0 Å². The maximum Gasteiger partial charge on any atom is 0.348 e. The van der Waals surface area contributed by atoms with Crippen molar-refractivity contribution in [1.82, 2.24) is 4.31 Å². The summed E-state index contributed by atoms with van der Waals surface area (Å²) in [4.78, 5) is 14.0. The van der Waals surface area contributed by atoms with Crippen LogP contribution in [0.2, 0.25) is 0 Å². The van der Waals surface area contributed by atoms with Crippen LogP contribution in [0.3, 0.4) is 0 Å². The van der Waals surface area contributed by atoms with E-state index in [4.69, 9.17) is 9.15 Å². The van der Waals surface area contributed by atoms with Crippen LogP contribution in [0, 0.1) is 0 Å². The molecule has 8 heteroatoms. The third-order valence-electron chi connectivity index (χ3n) is 3.92. The number of hydrogen-bond acceptors (Lipinski definition) is 6. The molecule has 0 atom stereocenters. The van der Waals surface area contributed by atoms with Gasteiger partial charge in [0.05, 0.1) is 0 Å². The Balaban J connectivity index is 1.65. The minimum Gasteiger partial charge on any atom is -0.453 e. The average Bonchev–Trinajstić information content (AvgIpc) is 3.19. The lowest BCUT2D eigenvalue weighted by Crippen LogP contribution is -2.21. The van der Waals surface area contributed by atoms with Gasteiger partial charge < -0.3 is 9.15 Å². The first-order chi connectivity index (χ1) is 11.4. The van der Waals surface area contributed by atoms with Crippen molar-refractivity contribution < 1.29 is 22.4 Å². The smallest absolute Gasteiger partial charge is 0.348 e. The molecule has 0 saturated heterocycles. The summed E-state index contributed by atoms with van der Waals surface area (Å²) < 4.78 is 35.5. The van der Waals surface area contributed by atoms with E-state index in [-0.39, 0.29) is 11.7 Å². The van der Waals surface area contributed by atoms with Crippen LogP contribution in [0.15, 0.2) is 27.7 Å². The van der Waals surface area contributed by atoms with Crippen LogP contribution in [-0.2, 0) is 34.2 Å². The summed E-state index contributed by atoms with van der Waals surface area (Å²) in [5.41, 5.74) is 1.25. The largest absolute Gasteiger partial charge is 0.453 e. The first kappa shape index (κ1) is 17.2. The Labute approximate surface area is 145 Å². The molecular formula is C16H19NO5S2. The minimum atomic E-state index is -3.62. The summed E-state index contributed by atoms with van der Waals surface area (Å²) in [6.07, 6.45) is 4.37. The predicted molar refractivity (Wildman–Crippen MR) is 89.7 cm³/mol. The highest BCUT2D eigenvalue weighted by Crippen LogP contribution is 2.30. The highest BCUT2D eigenvalue weighted by Gasteiger charge is 2.22. The Hall–Kier alpha value is -1.64. The average molecular weight is 369 g/mol. The Morgan fingerprint density at radius 2 is 2.04 bits per heavy atom. The van der Waals surface area contributed by atoms with Crippen molar-refractivity contribution >= 4 is 27.3 Å². The number of thiophene rings is 1. The Morgan fingerprint density at radius 1 is 1.29 bits per heavy atom. The number of hydrogen-bond donors (Lipinski definition) is 0. The molecule has 0 amide bonds. The third-order valence-corrected chi connectivity index (χ3v) is 6.82. The molecule has 1 aliphatic carbocycles. The Kier molecular flexibility index (Phi) is 4.80. The van der Waals surface area contributed by atoms with Crippen LogP contribution in [0.4, 0.5) is 0 Å². The van der Waals surface area contributed by atoms with Crippen LogP contribution >= 0.6 is 11.3 Å². The van der Waals surface area contributed by atoms with Gasteiger partial charge in [0, 0.05) is 19.0 Å². The van der Waals surface area contributed by atoms with E-state index < -0.39 is 16.0 Å². The Morgan fingerprint density at radius 3 is 2.75 bits per heavy atom. The zero-order chi connectivity index (χ0) is 17.3. The molecule has 0 spiro atoms. The molecule has 0 aromatic carbocycles. The molecule has 0 radical (unpaired) electrons. The van der Waals surface area contributed by atoms with E-state index in [1.54, 1.807) is 0 Å². The normalized spacial score (nSPS) is 14.6. The van der Waals surface area contributed by atoms with E-state index in [0.29, 0.717) is 10.6 Å². The van der Waals surface area contributed by atoms with Crippen LogP contribution in [0.1, 0.15) is 38.7 Å². The van der Waals surface area contributed by atoms with Gasteiger partial charge in [-0.1, -0.05) is 0 Å². The van der Waals surface area contributed by atoms with Gasteiger partial charge in [0.25, 0.3) is 10.0 Å². The number of aryl methyl sites for hydroxylation is 2. The van der Waals surface area contributed by atoms with Gasteiger partial charge in [-0.3, -0.25) is 0 Å². The molecule has 24 heavy (non-hydrogen) atoms. The lowest BCUT2D eigenvalue weighted by Gasteiger charge is -2.08. The van der Waals surface area contributed by atoms with Crippen LogP contribution in [0.5, 0.6) is 0 Å². The quantitative estimate of drug-likeness (QED) is 0.758. The van der Waals surface area contributed by atoms with Crippen molar-refractivity contribution in [2.45, 2.75) is 37.4 Å². The van der Waals surface area contributed by atoms with Gasteiger partial charge in [-0.2, -0.15) is 0 Å². The molecule has 2 aromatic heterocycles. The molecule has 0 aliphatic heterocycles. The van der Waals surface area contributed by atoms with Gasteiger partial charge >= 0.3 is 5.97 Å². The number of furan rings is 1. The number of carbonyl (C=O) groups excluding carboxylic acids is 1. The second kappa shape index (κ2) is 6.70. The predicted octanol–water partition coefficient (Wildman–Crippen LogP) is 2.83. The van der Waals surface area contributed by atoms with Crippen LogP contribution < -0.4 is 0 Å². The number of ether oxygens (including phenoxy) is 1. The van der Waals surface area contributed by atoms with Gasteiger partial charge in [0.2, 0.25) is 5.09 Å². The van der Waals surface area contributed by atoms with E-state index in [9.17, 15) is 13.2 Å². The van der Waals surface area contributed by atoms with Crippen molar-refractivity contribution in [3.05, 3.63) is 39.3 Å². The first-order valence-corrected chi connectivity index (χ1v) is 9.93. The molecule has 1 aliphatic rings. The first-order valence-electron chi connectivity index (χ1n) is 7.68. The topological polar surface area (TPSA) is 76.8 Å². The third kappa shape index (κ3) is 3.40. The summed E-state index contributed by atoms with van der Waals surface area (Å²) in [6.45, 7) is -0.0929. The molecule has 0 N–H and O–H groups in total. The summed E-state index contributed by atoms with van der Waals surface area (Å²) >= 11 is 1.48. The molecule has 0 saturated carbocycles. The molecule has 2 aromatic rings. The molecule has 0 bridgehead atoms. The SMILES string of the molecule is CN(C)S(=O)(=O)c1ccc(COC(=O)c2cc3c(s2)CCCC3)o1. The maximum absolute atomic E-state index is 12.2. The minimum absolute atomic E-state index is 0.0929. The summed E-state index contributed by atoms with van der Waals surface area (Å²) in [7, 11) is -0.767. The standard InChI is InChI=1S/C16H19NO5S2/c1-17(2)24(19,20)15-8-7-12(22-15)10-21-16(18)14-9-11-5-3-4-6-13(11)23-14/h7-9H,3-6,10H2,1-2H3. The fourth-order valence-corrected chi connectivity index (χ4v) is 4.51. The van der Waals surface area contributed by atoms with Crippen molar-refractivity contribution in [2.75, 3.05) is 14.1 Å². The molecule has 0 unspecified atom stereocenters. The van der Waals surface area contributed by atoms with Crippen molar-refractivity contribution in [2.24, 2.45) is 0 Å². The highest BCUT2D eigenvalue weighted by molar-refractivity contribution is 7.88. The molecular weight excluding hydrogens is 350 g/mol. The van der Waals surface area contributed by atoms with Crippen LogP contribution in [0.25, 0.3) is 0 Å². The van der Waals surface area contributed by atoms with Crippen LogP contribution in [-0.4, -0.2) is 32.8 Å². The van der Waals surface area contributed by atoms with Gasteiger partial charge in [0.15, 0.2) is 0 Å². The lowest BCUT2D eigenvalue weighted by molar-refractivity contribution is 0.0446. The van der Waals surface area contributed by atoms with Crippen molar-refractivity contribution in [3.63, 3.8) is 0 Å². The summed E-state index contributed by atoms with van der Waals surface area (Å²) in [5, 5.41) is -0.162. The zero-order valence-electron chi connectivity index (χ0n) is 13.6. The monoisotopic (exact) mass is 369 g/mol. The highest BCUT2D eigenvalue weighted by atomic mass is 32.2.